The van der Waals surface area contributed by atoms with Crippen molar-refractivity contribution >= 4 is 6.09 Å². The summed E-state index contributed by atoms with van der Waals surface area (Å²) in [6.07, 6.45) is 0.919. The van der Waals surface area contributed by atoms with Crippen LogP contribution < -0.4 is 0 Å². The van der Waals surface area contributed by atoms with Crippen molar-refractivity contribution in [3.05, 3.63) is 35.9 Å². The number of ether oxygens (including phenoxy) is 1. The van der Waals surface area contributed by atoms with Crippen LogP contribution in [0.15, 0.2) is 30.3 Å². The van der Waals surface area contributed by atoms with Crippen molar-refractivity contribution in [3.63, 3.8) is 0 Å². The van der Waals surface area contributed by atoms with Crippen LogP contribution >= 0.6 is 0 Å². The number of rotatable bonds is 3. The summed E-state index contributed by atoms with van der Waals surface area (Å²) in [4.78, 5) is 13.7. The van der Waals surface area contributed by atoms with Crippen LogP contribution in [0.1, 0.15) is 58.4 Å². The maximum atomic E-state index is 15.1. The van der Waals surface area contributed by atoms with Gasteiger partial charge in [0.05, 0.1) is 0 Å². The molecule has 4 heteroatoms. The highest BCUT2D eigenvalue weighted by Crippen LogP contribution is 2.36. The Labute approximate surface area is 138 Å². The van der Waals surface area contributed by atoms with Crippen LogP contribution in [0.5, 0.6) is 0 Å². The number of halogens is 1. The lowest BCUT2D eigenvalue weighted by Gasteiger charge is -2.38. The molecule has 1 aromatic rings. The molecule has 0 aromatic heterocycles. The zero-order chi connectivity index (χ0) is 17.1. The molecule has 0 saturated carbocycles. The lowest BCUT2D eigenvalue weighted by molar-refractivity contribution is 0.000268. The van der Waals surface area contributed by atoms with Crippen molar-refractivity contribution in [2.45, 2.75) is 64.1 Å². The molecule has 1 aromatic carbocycles. The zero-order valence-electron chi connectivity index (χ0n) is 14.6. The number of likely N-dealkylation sites (tertiary alicyclic amines) is 1. The van der Waals surface area contributed by atoms with Gasteiger partial charge in [0.25, 0.3) is 0 Å². The van der Waals surface area contributed by atoms with Crippen molar-refractivity contribution in [1.29, 1.82) is 0 Å². The zero-order valence-corrected chi connectivity index (χ0v) is 14.6. The van der Waals surface area contributed by atoms with Gasteiger partial charge in [0.1, 0.15) is 11.3 Å². The Kier molecular flexibility index (Phi) is 5.33. The summed E-state index contributed by atoms with van der Waals surface area (Å²) in [5, 5.41) is 0. The van der Waals surface area contributed by atoms with E-state index in [2.05, 4.69) is 6.92 Å². The van der Waals surface area contributed by atoms with Crippen LogP contribution in [-0.2, 0) is 4.74 Å². The SMILES string of the molecule is CC(CC1(F)CCN(C(=O)OC(C)(C)C)CC1)c1ccccc1. The predicted octanol–water partition coefficient (Wildman–Crippen LogP) is 4.92. The molecule has 3 nitrogen and oxygen atoms in total. The second-order valence-corrected chi connectivity index (χ2v) is 7.63. The van der Waals surface area contributed by atoms with Gasteiger partial charge in [-0.25, -0.2) is 9.18 Å². The molecule has 128 valence electrons. The number of benzene rings is 1. The summed E-state index contributed by atoms with van der Waals surface area (Å²) in [6, 6.07) is 10.0. The molecule has 0 bridgehead atoms. The summed E-state index contributed by atoms with van der Waals surface area (Å²) >= 11 is 0. The van der Waals surface area contributed by atoms with Crippen LogP contribution in [0, 0.1) is 0 Å². The van der Waals surface area contributed by atoms with Crippen LogP contribution in [0.3, 0.4) is 0 Å². The van der Waals surface area contributed by atoms with Crippen molar-refractivity contribution in [3.8, 4) is 0 Å². The molecule has 0 aliphatic carbocycles. The normalized spacial score (nSPS) is 19.3. The highest BCUT2D eigenvalue weighted by atomic mass is 19.1. The highest BCUT2D eigenvalue weighted by Gasteiger charge is 2.38. The number of nitrogens with zero attached hydrogens (tertiary/aromatic N) is 1. The van der Waals surface area contributed by atoms with E-state index in [1.54, 1.807) is 4.90 Å². The van der Waals surface area contributed by atoms with E-state index in [0.717, 1.165) is 0 Å². The largest absolute Gasteiger partial charge is 0.444 e. The van der Waals surface area contributed by atoms with E-state index in [4.69, 9.17) is 4.74 Å². The van der Waals surface area contributed by atoms with Gasteiger partial charge >= 0.3 is 6.09 Å². The molecule has 1 unspecified atom stereocenters. The Balaban J connectivity index is 1.88. The van der Waals surface area contributed by atoms with Crippen LogP contribution in [0.25, 0.3) is 0 Å². The molecule has 0 N–H and O–H groups in total. The van der Waals surface area contributed by atoms with Gasteiger partial charge in [0.15, 0.2) is 0 Å². The minimum Gasteiger partial charge on any atom is -0.444 e. The smallest absolute Gasteiger partial charge is 0.410 e. The lowest BCUT2D eigenvalue weighted by Crippen LogP contribution is -2.46. The fraction of sp³-hybridized carbons (Fsp3) is 0.632. The monoisotopic (exact) mass is 321 g/mol. The van der Waals surface area contributed by atoms with E-state index < -0.39 is 11.3 Å². The molecule has 2 rings (SSSR count). The minimum atomic E-state index is -1.20. The summed E-state index contributed by atoms with van der Waals surface area (Å²) in [6.45, 7) is 8.44. The molecule has 1 amide bonds. The topological polar surface area (TPSA) is 29.5 Å². The van der Waals surface area contributed by atoms with E-state index in [0.29, 0.717) is 32.4 Å². The maximum Gasteiger partial charge on any atom is 0.410 e. The van der Waals surface area contributed by atoms with Gasteiger partial charge < -0.3 is 9.64 Å². The van der Waals surface area contributed by atoms with Gasteiger partial charge in [-0.2, -0.15) is 0 Å². The molecule has 1 aliphatic heterocycles. The van der Waals surface area contributed by atoms with Gasteiger partial charge in [0, 0.05) is 13.1 Å². The summed E-state index contributed by atoms with van der Waals surface area (Å²) < 4.78 is 20.5. The van der Waals surface area contributed by atoms with E-state index in [9.17, 15) is 4.79 Å². The predicted molar refractivity (Wildman–Crippen MR) is 90.4 cm³/mol. The third-order valence-corrected chi connectivity index (χ3v) is 4.35. The number of piperidine rings is 1. The summed E-state index contributed by atoms with van der Waals surface area (Å²) in [5.74, 6) is 0.175. The Bertz CT molecular complexity index is 516. The Morgan fingerprint density at radius 2 is 1.83 bits per heavy atom. The fourth-order valence-corrected chi connectivity index (χ4v) is 3.07. The molecule has 1 aliphatic rings. The van der Waals surface area contributed by atoms with Gasteiger partial charge in [0.2, 0.25) is 0 Å². The van der Waals surface area contributed by atoms with Crippen LogP contribution in [-0.4, -0.2) is 35.4 Å². The second kappa shape index (κ2) is 6.90. The van der Waals surface area contributed by atoms with Crippen molar-refractivity contribution in [2.24, 2.45) is 0 Å². The third-order valence-electron chi connectivity index (χ3n) is 4.35. The van der Waals surface area contributed by atoms with E-state index in [-0.39, 0.29) is 12.0 Å². The van der Waals surface area contributed by atoms with Gasteiger partial charge in [-0.05, 0) is 51.5 Å². The first kappa shape index (κ1) is 17.8. The maximum absolute atomic E-state index is 15.1. The van der Waals surface area contributed by atoms with Gasteiger partial charge in [-0.15, -0.1) is 0 Å². The minimum absolute atomic E-state index is 0.175. The van der Waals surface area contributed by atoms with Crippen LogP contribution in [0.4, 0.5) is 9.18 Å². The molecule has 0 radical (unpaired) electrons. The number of hydrogen-bond acceptors (Lipinski definition) is 2. The van der Waals surface area contributed by atoms with E-state index >= 15 is 4.39 Å². The standard InChI is InChI=1S/C19H28FNO2/c1-15(16-8-6-5-7-9-16)14-19(20)10-12-21(13-11-19)17(22)23-18(2,3)4/h5-9,15H,10-14H2,1-4H3. The number of carbonyl (C=O) groups excluding carboxylic acids is 1. The molecule has 1 atom stereocenters. The quantitative estimate of drug-likeness (QED) is 0.791. The average Bonchev–Trinajstić information content (AvgIpc) is 2.46. The summed E-state index contributed by atoms with van der Waals surface area (Å²) in [7, 11) is 0. The first-order valence-electron chi connectivity index (χ1n) is 8.40. The first-order chi connectivity index (χ1) is 10.7. The third kappa shape index (κ3) is 5.22. The molecule has 23 heavy (non-hydrogen) atoms. The molecule has 1 fully saturated rings. The highest BCUT2D eigenvalue weighted by molar-refractivity contribution is 5.68. The molecular formula is C19H28FNO2. The number of amides is 1. The molecule has 1 heterocycles. The Morgan fingerprint density at radius 3 is 2.35 bits per heavy atom. The first-order valence-corrected chi connectivity index (χ1v) is 8.40. The Hall–Kier alpha value is -1.58. The molecular weight excluding hydrogens is 293 g/mol. The van der Waals surface area contributed by atoms with Crippen molar-refractivity contribution in [1.82, 2.24) is 4.90 Å². The average molecular weight is 321 g/mol. The van der Waals surface area contributed by atoms with E-state index in [1.807, 2.05) is 51.1 Å². The number of carbonyl (C=O) groups is 1. The summed E-state index contributed by atoms with van der Waals surface area (Å²) in [5.41, 5.74) is -0.546. The fourth-order valence-electron chi connectivity index (χ4n) is 3.07. The Morgan fingerprint density at radius 1 is 1.26 bits per heavy atom. The van der Waals surface area contributed by atoms with Gasteiger partial charge in [-0.1, -0.05) is 37.3 Å². The number of hydrogen-bond donors (Lipinski definition) is 0. The lowest BCUT2D eigenvalue weighted by atomic mass is 9.82. The van der Waals surface area contributed by atoms with Crippen molar-refractivity contribution in [2.75, 3.05) is 13.1 Å². The van der Waals surface area contributed by atoms with Crippen LogP contribution in [0.2, 0.25) is 0 Å². The van der Waals surface area contributed by atoms with Crippen molar-refractivity contribution < 1.29 is 13.9 Å². The second-order valence-electron chi connectivity index (χ2n) is 7.63. The molecule has 0 spiro atoms. The number of alkyl halides is 1. The van der Waals surface area contributed by atoms with Gasteiger partial charge in [-0.3, -0.25) is 0 Å². The van der Waals surface area contributed by atoms with E-state index in [1.165, 1.54) is 5.56 Å². The molecule has 1 saturated heterocycles.